The van der Waals surface area contributed by atoms with Gasteiger partial charge in [0.05, 0.1) is 11.4 Å². The molecule has 1 aliphatic rings. The van der Waals surface area contributed by atoms with Crippen molar-refractivity contribution in [1.82, 2.24) is 0 Å². The number of benzene rings is 3. The average Bonchev–Trinajstić information content (AvgIpc) is 3.07. The van der Waals surface area contributed by atoms with Gasteiger partial charge in [0.15, 0.2) is 0 Å². The van der Waals surface area contributed by atoms with E-state index in [-0.39, 0.29) is 17.2 Å². The first-order valence-electron chi connectivity index (χ1n) is 9.09. The number of amides is 1. The lowest BCUT2D eigenvalue weighted by molar-refractivity contribution is -0.113. The molecule has 3 aromatic rings. The van der Waals surface area contributed by atoms with Gasteiger partial charge < -0.3 is 10.2 Å². The van der Waals surface area contributed by atoms with E-state index in [1.165, 1.54) is 23.1 Å². The molecule has 4 rings (SSSR count). The van der Waals surface area contributed by atoms with Crippen LogP contribution in [-0.4, -0.2) is 22.1 Å². The molecule has 6 heteroatoms. The van der Waals surface area contributed by atoms with Gasteiger partial charge in [-0.05, 0) is 53.6 Å². The van der Waals surface area contributed by atoms with Crippen LogP contribution >= 0.6 is 11.6 Å². The lowest BCUT2D eigenvalue weighted by Gasteiger charge is -2.21. The van der Waals surface area contributed by atoms with E-state index in [2.05, 4.69) is 0 Å². The number of anilines is 1. The number of carboxylic acids is 1. The number of hydrogen-bond donors (Lipinski definition) is 2. The number of aromatic hydroxyl groups is 1. The van der Waals surface area contributed by atoms with E-state index < -0.39 is 5.97 Å². The first-order chi connectivity index (χ1) is 14.4. The number of carbonyl (C=O) groups excluding carboxylic acids is 1. The molecule has 5 nitrogen and oxygen atoms in total. The smallest absolute Gasteiger partial charge is 0.339 e. The third-order valence-electron chi connectivity index (χ3n) is 4.71. The first kappa shape index (κ1) is 19.5. The summed E-state index contributed by atoms with van der Waals surface area (Å²) in [6.07, 6.45) is 3.51. The van der Waals surface area contributed by atoms with Crippen LogP contribution < -0.4 is 4.90 Å². The number of hydrogen-bond acceptors (Lipinski definition) is 3. The second kappa shape index (κ2) is 7.89. The maximum absolute atomic E-state index is 13.3. The summed E-state index contributed by atoms with van der Waals surface area (Å²) in [5.41, 5.74) is 2.75. The van der Waals surface area contributed by atoms with Crippen molar-refractivity contribution in [3.05, 3.63) is 106 Å². The third kappa shape index (κ3) is 3.71. The minimum atomic E-state index is -1.27. The summed E-state index contributed by atoms with van der Waals surface area (Å²) in [6, 6.07) is 20.5. The standard InChI is InChI=1S/C24H16ClNO4/c25-18-8-6-15(7-9-18)12-17-13-21(16-4-2-1-3-5-16)26(23(17)28)19-10-11-22(27)20(14-19)24(29)30/h1-14,27H,(H,29,30). The van der Waals surface area contributed by atoms with E-state index in [9.17, 15) is 19.8 Å². The molecule has 0 atom stereocenters. The van der Waals surface area contributed by atoms with Crippen LogP contribution in [0.2, 0.25) is 5.02 Å². The van der Waals surface area contributed by atoms with Crippen molar-refractivity contribution in [2.24, 2.45) is 0 Å². The molecule has 0 unspecified atom stereocenters. The highest BCUT2D eigenvalue weighted by molar-refractivity contribution is 6.30. The molecule has 0 saturated carbocycles. The normalized spacial score (nSPS) is 14.8. The Labute approximate surface area is 177 Å². The molecule has 2 N–H and O–H groups in total. The molecule has 0 bridgehead atoms. The number of rotatable bonds is 4. The molecule has 0 radical (unpaired) electrons. The molecule has 3 aromatic carbocycles. The van der Waals surface area contributed by atoms with Crippen LogP contribution in [0.4, 0.5) is 5.69 Å². The van der Waals surface area contributed by atoms with Gasteiger partial charge in [-0.15, -0.1) is 0 Å². The van der Waals surface area contributed by atoms with Gasteiger partial charge in [0.2, 0.25) is 0 Å². The topological polar surface area (TPSA) is 77.8 Å². The van der Waals surface area contributed by atoms with Gasteiger partial charge >= 0.3 is 5.97 Å². The molecule has 0 fully saturated rings. The lowest BCUT2D eigenvalue weighted by atomic mass is 10.1. The van der Waals surface area contributed by atoms with Gasteiger partial charge in [-0.25, -0.2) is 4.79 Å². The van der Waals surface area contributed by atoms with Crippen molar-refractivity contribution in [3.8, 4) is 5.75 Å². The number of carbonyl (C=O) groups is 2. The molecule has 148 valence electrons. The maximum atomic E-state index is 13.3. The molecular weight excluding hydrogens is 402 g/mol. The van der Waals surface area contributed by atoms with E-state index in [1.807, 2.05) is 42.5 Å². The van der Waals surface area contributed by atoms with E-state index in [0.717, 1.165) is 11.1 Å². The molecule has 0 saturated heterocycles. The maximum Gasteiger partial charge on any atom is 0.339 e. The lowest BCUT2D eigenvalue weighted by Crippen LogP contribution is -2.25. The molecule has 0 spiro atoms. The highest BCUT2D eigenvalue weighted by Gasteiger charge is 2.31. The van der Waals surface area contributed by atoms with Crippen molar-refractivity contribution in [2.45, 2.75) is 0 Å². The fourth-order valence-electron chi connectivity index (χ4n) is 3.27. The third-order valence-corrected chi connectivity index (χ3v) is 4.97. The molecule has 1 amide bonds. The summed E-state index contributed by atoms with van der Waals surface area (Å²) < 4.78 is 0. The number of halogens is 1. The van der Waals surface area contributed by atoms with Gasteiger partial charge in [-0.3, -0.25) is 9.69 Å². The second-order valence-electron chi connectivity index (χ2n) is 6.69. The van der Waals surface area contributed by atoms with E-state index in [1.54, 1.807) is 24.3 Å². The fraction of sp³-hybridized carbons (Fsp3) is 0. The zero-order valence-electron chi connectivity index (χ0n) is 15.6. The Kier molecular flexibility index (Phi) is 5.12. The summed E-state index contributed by atoms with van der Waals surface area (Å²) in [7, 11) is 0. The molecule has 1 aliphatic heterocycles. The van der Waals surface area contributed by atoms with Crippen molar-refractivity contribution in [3.63, 3.8) is 0 Å². The SMILES string of the molecule is O=C(O)c1cc(N2C(=O)C(=Cc3ccc(Cl)cc3)C=C2c2ccccc2)ccc1O. The van der Waals surface area contributed by atoms with Crippen LogP contribution in [0, 0.1) is 0 Å². The Hall–Kier alpha value is -3.83. The molecular formula is C24H16ClNO4. The van der Waals surface area contributed by atoms with Crippen LogP contribution in [0.25, 0.3) is 11.8 Å². The van der Waals surface area contributed by atoms with Crippen LogP contribution in [0.5, 0.6) is 5.75 Å². The van der Waals surface area contributed by atoms with Crippen LogP contribution in [0.3, 0.4) is 0 Å². The second-order valence-corrected chi connectivity index (χ2v) is 7.13. The molecule has 30 heavy (non-hydrogen) atoms. The number of aromatic carboxylic acids is 1. The predicted molar refractivity (Wildman–Crippen MR) is 116 cm³/mol. The van der Waals surface area contributed by atoms with Crippen molar-refractivity contribution in [2.75, 3.05) is 4.90 Å². The van der Waals surface area contributed by atoms with Crippen molar-refractivity contribution >= 4 is 40.9 Å². The Morgan fingerprint density at radius 2 is 1.67 bits per heavy atom. The van der Waals surface area contributed by atoms with Crippen LogP contribution in [-0.2, 0) is 4.79 Å². The predicted octanol–water partition coefficient (Wildman–Crippen LogP) is 5.22. The minimum absolute atomic E-state index is 0.275. The summed E-state index contributed by atoms with van der Waals surface area (Å²) in [5, 5.41) is 19.8. The Bertz CT molecular complexity index is 1200. The number of carboxylic acid groups (broad SMARTS) is 1. The molecule has 0 aromatic heterocycles. The van der Waals surface area contributed by atoms with Gasteiger partial charge in [0.25, 0.3) is 5.91 Å². The minimum Gasteiger partial charge on any atom is -0.507 e. The van der Waals surface area contributed by atoms with Crippen LogP contribution in [0.1, 0.15) is 21.5 Å². The molecule has 1 heterocycles. The highest BCUT2D eigenvalue weighted by atomic mass is 35.5. The largest absolute Gasteiger partial charge is 0.507 e. The summed E-state index contributed by atoms with van der Waals surface area (Å²) in [4.78, 5) is 26.2. The molecule has 0 aliphatic carbocycles. The Morgan fingerprint density at radius 1 is 0.967 bits per heavy atom. The Morgan fingerprint density at radius 3 is 2.33 bits per heavy atom. The summed E-state index contributed by atoms with van der Waals surface area (Å²) in [6.45, 7) is 0. The quantitative estimate of drug-likeness (QED) is 0.571. The van der Waals surface area contributed by atoms with Gasteiger partial charge in [-0.2, -0.15) is 0 Å². The van der Waals surface area contributed by atoms with Crippen LogP contribution in [0.15, 0.2) is 84.4 Å². The fourth-order valence-corrected chi connectivity index (χ4v) is 3.39. The number of phenols is 1. The van der Waals surface area contributed by atoms with Gasteiger partial charge in [0.1, 0.15) is 11.3 Å². The zero-order valence-corrected chi connectivity index (χ0v) is 16.4. The average molecular weight is 418 g/mol. The monoisotopic (exact) mass is 417 g/mol. The first-order valence-corrected chi connectivity index (χ1v) is 9.47. The number of nitrogens with zero attached hydrogens (tertiary/aromatic N) is 1. The highest BCUT2D eigenvalue weighted by Crippen LogP contribution is 2.37. The van der Waals surface area contributed by atoms with Crippen molar-refractivity contribution < 1.29 is 19.8 Å². The van der Waals surface area contributed by atoms with E-state index in [0.29, 0.717) is 22.0 Å². The summed E-state index contributed by atoms with van der Waals surface area (Å²) >= 11 is 5.94. The van der Waals surface area contributed by atoms with E-state index in [4.69, 9.17) is 11.6 Å². The van der Waals surface area contributed by atoms with Gasteiger partial charge in [-0.1, -0.05) is 54.1 Å². The van der Waals surface area contributed by atoms with Crippen molar-refractivity contribution in [1.29, 1.82) is 0 Å². The summed E-state index contributed by atoms with van der Waals surface area (Å²) in [5.74, 6) is -1.94. The zero-order chi connectivity index (χ0) is 21.3. The Balaban J connectivity index is 1.84. The van der Waals surface area contributed by atoms with Gasteiger partial charge in [0, 0.05) is 10.6 Å². The van der Waals surface area contributed by atoms with E-state index >= 15 is 0 Å².